The molecule has 3 aromatic rings. The van der Waals surface area contributed by atoms with Gasteiger partial charge < -0.3 is 63.0 Å². The van der Waals surface area contributed by atoms with Gasteiger partial charge in [-0.05, 0) is 114 Å². The average Bonchev–Trinajstić information content (AvgIpc) is 1.59. The summed E-state index contributed by atoms with van der Waals surface area (Å²) < 4.78 is 70.9. The molecule has 2 saturated heterocycles. The number of benzene rings is 3. The number of carbonyl (C=O) groups excluding carboxylic acids is 8. The topological polar surface area (TPSA) is 229 Å². The Hall–Kier alpha value is -7.24. The number of nitrogens with one attached hydrogen (secondary N) is 1. The number of esters is 5. The monoisotopic (exact) mass is 1260 g/mol. The smallest absolute Gasteiger partial charge is 0.347 e. The Morgan fingerprint density at radius 1 is 0.500 bits per heavy atom. The summed E-state index contributed by atoms with van der Waals surface area (Å²) in [5.74, 6) is -7.90. The van der Waals surface area contributed by atoms with Crippen LogP contribution in [-0.4, -0.2) is 203 Å². The van der Waals surface area contributed by atoms with Gasteiger partial charge in [0, 0.05) is 84.4 Å². The molecule has 0 bridgehead atoms. The van der Waals surface area contributed by atoms with Crippen molar-refractivity contribution in [3.05, 3.63) is 95.6 Å². The lowest BCUT2D eigenvalue weighted by Crippen LogP contribution is -2.54. The molecule has 0 aromatic heterocycles. The lowest BCUT2D eigenvalue weighted by molar-refractivity contribution is -0.176. The molecule has 0 spiro atoms. The molecule has 0 saturated carbocycles. The van der Waals surface area contributed by atoms with Crippen LogP contribution < -0.4 is 15.1 Å². The SMILES string of the molecule is CN[C@@H](CC(C)(C)F)C(=O)O[C@H](Cc1ccc(N2CCOCC2)cc1)C(=O)N(C)[C@@H](CC(C)C)C(=O)O[C@H](C)C(=O)N(C)[C@@H](CC(C)(C)F)C(=O)O[C@H](Cc1ccc(N2CCOCC2)cc1)C(=O)N(C)[C@@H](CC(C)C)C(=O)O[C@H](C)C(=O)OCc1ccccc1. The highest BCUT2D eigenvalue weighted by atomic mass is 19.1. The highest BCUT2D eigenvalue weighted by Gasteiger charge is 2.43. The van der Waals surface area contributed by atoms with Crippen molar-refractivity contribution in [2.75, 3.05) is 90.6 Å². The minimum absolute atomic E-state index is 0.0167. The second-order valence-corrected chi connectivity index (χ2v) is 25.4. The second-order valence-electron chi connectivity index (χ2n) is 25.4. The zero-order valence-electron chi connectivity index (χ0n) is 55.0. The van der Waals surface area contributed by atoms with Gasteiger partial charge in [-0.3, -0.25) is 19.2 Å². The third kappa shape index (κ3) is 22.9. The zero-order chi connectivity index (χ0) is 66.6. The molecule has 0 aliphatic carbocycles. The van der Waals surface area contributed by atoms with Gasteiger partial charge in [0.15, 0.2) is 24.4 Å². The summed E-state index contributed by atoms with van der Waals surface area (Å²) in [6, 6.07) is 18.0. The number of anilines is 2. The van der Waals surface area contributed by atoms with E-state index in [1.165, 1.54) is 69.7 Å². The van der Waals surface area contributed by atoms with Crippen LogP contribution in [-0.2, 0) is 91.0 Å². The Labute approximate surface area is 529 Å². The maximum Gasteiger partial charge on any atom is 0.347 e. The minimum Gasteiger partial charge on any atom is -0.458 e. The number of hydrogen-bond donors (Lipinski definition) is 1. The van der Waals surface area contributed by atoms with Crippen LogP contribution in [0.2, 0.25) is 0 Å². The van der Waals surface area contributed by atoms with E-state index in [0.29, 0.717) is 69.3 Å². The Balaban J connectivity index is 1.40. The number of nitrogens with zero attached hydrogens (tertiary/aromatic N) is 5. The van der Waals surface area contributed by atoms with E-state index in [1.807, 2.05) is 44.2 Å². The van der Waals surface area contributed by atoms with Crippen molar-refractivity contribution in [2.45, 2.75) is 174 Å². The number of rotatable bonds is 32. The molecule has 21 nitrogen and oxygen atoms in total. The summed E-state index contributed by atoms with van der Waals surface area (Å²) in [6.07, 6.45) is -7.43. The second kappa shape index (κ2) is 34.3. The van der Waals surface area contributed by atoms with Gasteiger partial charge in [0.2, 0.25) is 0 Å². The number of hydrogen-bond acceptors (Lipinski definition) is 18. The summed E-state index contributed by atoms with van der Waals surface area (Å²) in [5.41, 5.74) is -0.241. The summed E-state index contributed by atoms with van der Waals surface area (Å²) in [4.78, 5) is 122. The van der Waals surface area contributed by atoms with Gasteiger partial charge in [-0.15, -0.1) is 0 Å². The van der Waals surface area contributed by atoms with E-state index in [-0.39, 0.29) is 50.5 Å². The molecule has 2 aliphatic rings. The first-order valence-electron chi connectivity index (χ1n) is 31.1. The van der Waals surface area contributed by atoms with Crippen molar-refractivity contribution < 1.29 is 80.3 Å². The molecule has 3 aromatic carbocycles. The van der Waals surface area contributed by atoms with Crippen LogP contribution in [0.4, 0.5) is 20.2 Å². The van der Waals surface area contributed by atoms with Crippen LogP contribution in [0.15, 0.2) is 78.9 Å². The van der Waals surface area contributed by atoms with Gasteiger partial charge in [0.05, 0.1) is 26.4 Å². The van der Waals surface area contributed by atoms with Crippen molar-refractivity contribution in [3.8, 4) is 0 Å². The van der Waals surface area contributed by atoms with E-state index >= 15 is 4.39 Å². The summed E-state index contributed by atoms with van der Waals surface area (Å²) in [7, 11) is 5.36. The first-order valence-corrected chi connectivity index (χ1v) is 31.1. The van der Waals surface area contributed by atoms with Crippen LogP contribution in [0.25, 0.3) is 0 Å². The first-order chi connectivity index (χ1) is 42.4. The molecule has 2 fully saturated rings. The van der Waals surface area contributed by atoms with Crippen molar-refractivity contribution in [3.63, 3.8) is 0 Å². The summed E-state index contributed by atoms with van der Waals surface area (Å²) >= 11 is 0. The van der Waals surface area contributed by atoms with E-state index in [0.717, 1.165) is 26.1 Å². The molecule has 23 heteroatoms. The molecule has 2 aliphatic heterocycles. The molecule has 0 radical (unpaired) electrons. The Bertz CT molecular complexity index is 2820. The van der Waals surface area contributed by atoms with Gasteiger partial charge in [-0.25, -0.2) is 28.0 Å². The van der Waals surface area contributed by atoms with Gasteiger partial charge in [-0.2, -0.15) is 0 Å². The molecule has 2 heterocycles. The minimum atomic E-state index is -2.14. The maximum atomic E-state index is 16.0. The number of carbonyl (C=O) groups is 8. The number of ether oxygens (including phenoxy) is 7. The highest BCUT2D eigenvalue weighted by Crippen LogP contribution is 2.27. The molecular weight excluding hydrogens is 1170 g/mol. The molecular formula is C67H96F2N6O15. The highest BCUT2D eigenvalue weighted by molar-refractivity contribution is 5.93. The van der Waals surface area contributed by atoms with E-state index in [9.17, 15) is 42.7 Å². The van der Waals surface area contributed by atoms with Crippen LogP contribution in [0, 0.1) is 11.8 Å². The molecule has 498 valence electrons. The van der Waals surface area contributed by atoms with Crippen molar-refractivity contribution in [2.24, 2.45) is 11.8 Å². The molecule has 0 unspecified atom stereocenters. The largest absolute Gasteiger partial charge is 0.458 e. The lowest BCUT2D eigenvalue weighted by atomic mass is 9.98. The zero-order valence-corrected chi connectivity index (χ0v) is 55.0. The predicted molar refractivity (Wildman–Crippen MR) is 335 cm³/mol. The fourth-order valence-electron chi connectivity index (χ4n) is 10.6. The van der Waals surface area contributed by atoms with Crippen molar-refractivity contribution in [1.29, 1.82) is 0 Å². The number of halogens is 2. The van der Waals surface area contributed by atoms with E-state index in [1.54, 1.807) is 62.4 Å². The standard InChI is InChI=1S/C67H96F2N6O15/c1-43(2)36-53(71(12)59(77)56(89-62(80)52(70-11)40-66(7,8)68)38-47-20-24-50(25-21-47)74-28-32-84-33-29-74)63(81)87-45(5)58(76)73(14)55(41-67(9,10)69)65(83)90-57(39-48-22-26-51(27-23-48)75-30-34-85-35-31-75)60(78)72(13)54(37-44(3)4)64(82)88-46(6)61(79)86-42-49-18-16-15-17-19-49/h15-27,43-46,52-57,70H,28-42H2,1-14H3/t45-,46-,52+,53+,54+,55+,56-,57-/m1/s1. The first kappa shape index (κ1) is 73.5. The van der Waals surface area contributed by atoms with E-state index in [2.05, 4.69) is 15.1 Å². The maximum absolute atomic E-state index is 16.0. The van der Waals surface area contributed by atoms with Crippen LogP contribution >= 0.6 is 0 Å². The van der Waals surface area contributed by atoms with Crippen molar-refractivity contribution >= 4 is 58.9 Å². The number of alkyl halides is 2. The fraction of sp³-hybridized carbons (Fsp3) is 0.612. The molecule has 5 rings (SSSR count). The number of morpholine rings is 2. The third-order valence-electron chi connectivity index (χ3n) is 15.7. The van der Waals surface area contributed by atoms with Gasteiger partial charge in [-0.1, -0.05) is 82.3 Å². The Morgan fingerprint density at radius 3 is 1.29 bits per heavy atom. The third-order valence-corrected chi connectivity index (χ3v) is 15.7. The van der Waals surface area contributed by atoms with E-state index in [4.69, 9.17) is 33.2 Å². The fourth-order valence-corrected chi connectivity index (χ4v) is 10.6. The molecule has 3 amide bonds. The summed E-state index contributed by atoms with van der Waals surface area (Å²) in [6.45, 7) is 19.7. The lowest BCUT2D eigenvalue weighted by Gasteiger charge is -2.35. The van der Waals surface area contributed by atoms with Gasteiger partial charge in [0.25, 0.3) is 17.7 Å². The number of amides is 3. The van der Waals surface area contributed by atoms with E-state index < -0.39 is 114 Å². The Morgan fingerprint density at radius 2 is 0.889 bits per heavy atom. The van der Waals surface area contributed by atoms with Crippen LogP contribution in [0.1, 0.15) is 112 Å². The quantitative estimate of drug-likeness (QED) is 0.0489. The predicted octanol–water partition coefficient (Wildman–Crippen LogP) is 7.01. The average molecular weight is 1260 g/mol. The van der Waals surface area contributed by atoms with Crippen molar-refractivity contribution in [1.82, 2.24) is 20.0 Å². The molecule has 90 heavy (non-hydrogen) atoms. The van der Waals surface area contributed by atoms with Crippen LogP contribution in [0.3, 0.4) is 0 Å². The van der Waals surface area contributed by atoms with Gasteiger partial charge >= 0.3 is 29.8 Å². The Kier molecular flexibility index (Phi) is 28.0. The summed E-state index contributed by atoms with van der Waals surface area (Å²) in [5, 5.41) is 2.78. The normalized spacial score (nSPS) is 16.5. The molecule has 1 N–H and O–H groups in total. The number of likely N-dealkylation sites (N-methyl/N-ethyl adjacent to an activating group) is 4. The van der Waals surface area contributed by atoms with Gasteiger partial charge in [0.1, 0.15) is 42.1 Å². The van der Waals surface area contributed by atoms with Crippen LogP contribution in [0.5, 0.6) is 0 Å². The molecule has 8 atom stereocenters.